The van der Waals surface area contributed by atoms with Crippen molar-refractivity contribution < 1.29 is 64.6 Å². The SMILES string of the molecule is N.NOC(CC(=O)O)(CC(=O)O)C(=O)O.O=C(O)C(O)C(O)C(=O)O. The highest BCUT2D eigenvalue weighted by atomic mass is 16.6. The van der Waals surface area contributed by atoms with Crippen LogP contribution in [0.2, 0.25) is 0 Å². The predicted octanol–water partition coefficient (Wildman–Crippen LogP) is -3.31. The van der Waals surface area contributed by atoms with Crippen molar-refractivity contribution in [2.75, 3.05) is 0 Å². The first-order valence-corrected chi connectivity index (χ1v) is 5.67. The molecule has 0 aromatic carbocycles. The summed E-state index contributed by atoms with van der Waals surface area (Å²) in [6.45, 7) is 0. The van der Waals surface area contributed by atoms with Gasteiger partial charge >= 0.3 is 29.8 Å². The van der Waals surface area contributed by atoms with E-state index in [0.29, 0.717) is 0 Å². The second-order valence-electron chi connectivity index (χ2n) is 4.12. The molecule has 0 bridgehead atoms. The van der Waals surface area contributed by atoms with Crippen molar-refractivity contribution in [2.45, 2.75) is 30.7 Å². The molecule has 146 valence electrons. The lowest BCUT2D eigenvalue weighted by Crippen LogP contribution is -2.47. The second kappa shape index (κ2) is 11.6. The Labute approximate surface area is 138 Å². The summed E-state index contributed by atoms with van der Waals surface area (Å²) in [4.78, 5) is 54.6. The van der Waals surface area contributed by atoms with E-state index in [2.05, 4.69) is 10.7 Å². The van der Waals surface area contributed by atoms with Gasteiger partial charge in [0.1, 0.15) is 0 Å². The Morgan fingerprint density at radius 3 is 1.20 bits per heavy atom. The van der Waals surface area contributed by atoms with E-state index in [1.807, 2.05) is 0 Å². The molecule has 15 heteroatoms. The molecule has 2 unspecified atom stereocenters. The molecule has 0 aliphatic carbocycles. The monoisotopic (exact) mass is 374 g/mol. The van der Waals surface area contributed by atoms with Crippen LogP contribution in [-0.2, 0) is 28.8 Å². The van der Waals surface area contributed by atoms with Crippen molar-refractivity contribution in [3.05, 3.63) is 0 Å². The quantitative estimate of drug-likeness (QED) is 0.178. The van der Waals surface area contributed by atoms with Crippen LogP contribution in [0.15, 0.2) is 0 Å². The molecule has 0 aromatic rings. The molecule has 12 N–H and O–H groups in total. The molecule has 0 saturated heterocycles. The van der Waals surface area contributed by atoms with Crippen LogP contribution in [0.3, 0.4) is 0 Å². The van der Waals surface area contributed by atoms with E-state index in [1.54, 1.807) is 0 Å². The van der Waals surface area contributed by atoms with E-state index in [-0.39, 0.29) is 6.15 Å². The summed E-state index contributed by atoms with van der Waals surface area (Å²) in [7, 11) is 0. The molecule has 25 heavy (non-hydrogen) atoms. The molecular weight excluding hydrogens is 356 g/mol. The van der Waals surface area contributed by atoms with Gasteiger partial charge in [0.15, 0.2) is 12.2 Å². The fraction of sp³-hybridized carbons (Fsp3) is 0.500. The zero-order valence-electron chi connectivity index (χ0n) is 12.4. The van der Waals surface area contributed by atoms with Crippen LogP contribution in [0.4, 0.5) is 0 Å². The number of rotatable bonds is 9. The Hall–Kier alpha value is -2.85. The third-order valence-corrected chi connectivity index (χ3v) is 2.29. The topological polar surface area (TPSA) is 297 Å². The van der Waals surface area contributed by atoms with Crippen molar-refractivity contribution >= 4 is 29.8 Å². The summed E-state index contributed by atoms with van der Waals surface area (Å²) >= 11 is 0. The fourth-order valence-electron chi connectivity index (χ4n) is 1.11. The van der Waals surface area contributed by atoms with Gasteiger partial charge in [-0.2, -0.15) is 0 Å². The molecular formula is C10H18N2O13. The summed E-state index contributed by atoms with van der Waals surface area (Å²) in [6, 6.07) is 0. The first kappa shape index (κ1) is 27.0. The van der Waals surface area contributed by atoms with Gasteiger partial charge in [0.25, 0.3) is 0 Å². The van der Waals surface area contributed by atoms with Gasteiger partial charge in [0.2, 0.25) is 5.60 Å². The Balaban J connectivity index is -0.000000392. The minimum Gasteiger partial charge on any atom is -0.481 e. The Kier molecular flexibility index (Phi) is 12.6. The predicted molar refractivity (Wildman–Crippen MR) is 72.5 cm³/mol. The van der Waals surface area contributed by atoms with E-state index < -0.39 is 60.5 Å². The van der Waals surface area contributed by atoms with E-state index in [4.69, 9.17) is 35.7 Å². The number of aliphatic hydroxyl groups excluding tert-OH is 2. The highest BCUT2D eigenvalue weighted by Crippen LogP contribution is 2.19. The number of hydrogen-bond donors (Lipinski definition) is 9. The molecule has 0 spiro atoms. The molecule has 0 saturated carbocycles. The number of carboxylic acid groups (broad SMARTS) is 5. The normalized spacial score (nSPS) is 12.4. The summed E-state index contributed by atoms with van der Waals surface area (Å²) < 4.78 is 0. The van der Waals surface area contributed by atoms with Crippen LogP contribution in [0, 0.1) is 0 Å². The van der Waals surface area contributed by atoms with Crippen molar-refractivity contribution in [2.24, 2.45) is 5.90 Å². The fourth-order valence-corrected chi connectivity index (χ4v) is 1.11. The van der Waals surface area contributed by atoms with E-state index in [9.17, 15) is 24.0 Å². The minimum atomic E-state index is -2.42. The van der Waals surface area contributed by atoms with Crippen LogP contribution in [0.5, 0.6) is 0 Å². The lowest BCUT2D eigenvalue weighted by Gasteiger charge is -2.22. The van der Waals surface area contributed by atoms with Gasteiger partial charge in [-0.3, -0.25) is 14.4 Å². The third-order valence-electron chi connectivity index (χ3n) is 2.29. The van der Waals surface area contributed by atoms with Gasteiger partial charge in [0, 0.05) is 0 Å². The summed E-state index contributed by atoms with van der Waals surface area (Å²) in [5.41, 5.74) is -2.42. The maximum atomic E-state index is 10.6. The Bertz CT molecular complexity index is 471. The molecule has 0 rings (SSSR count). The smallest absolute Gasteiger partial charge is 0.339 e. The highest BCUT2D eigenvalue weighted by molar-refractivity contribution is 5.88. The van der Waals surface area contributed by atoms with Crippen molar-refractivity contribution in [3.8, 4) is 0 Å². The molecule has 0 aliphatic heterocycles. The Morgan fingerprint density at radius 1 is 0.800 bits per heavy atom. The van der Waals surface area contributed by atoms with E-state index in [0.717, 1.165) is 0 Å². The Morgan fingerprint density at radius 2 is 1.08 bits per heavy atom. The van der Waals surface area contributed by atoms with Gasteiger partial charge in [-0.1, -0.05) is 0 Å². The largest absolute Gasteiger partial charge is 0.481 e. The average Bonchev–Trinajstić information content (AvgIpc) is 2.43. The summed E-state index contributed by atoms with van der Waals surface area (Å²) in [5.74, 6) is -3.70. The minimum absolute atomic E-state index is 0. The molecule has 0 amide bonds. The molecule has 0 fully saturated rings. The number of nitrogens with two attached hydrogens (primary N) is 1. The second-order valence-corrected chi connectivity index (χ2v) is 4.12. The number of carbonyl (C=O) groups is 5. The lowest BCUT2D eigenvalue weighted by molar-refractivity contribution is -0.179. The zero-order valence-corrected chi connectivity index (χ0v) is 12.4. The number of aliphatic hydroxyl groups is 2. The summed E-state index contributed by atoms with van der Waals surface area (Å²) in [5, 5.41) is 57.8. The van der Waals surface area contributed by atoms with Crippen LogP contribution in [0.25, 0.3) is 0 Å². The van der Waals surface area contributed by atoms with Crippen molar-refractivity contribution in [1.29, 1.82) is 0 Å². The average molecular weight is 374 g/mol. The van der Waals surface area contributed by atoms with Gasteiger partial charge in [-0.25, -0.2) is 20.3 Å². The van der Waals surface area contributed by atoms with Crippen LogP contribution >= 0.6 is 0 Å². The maximum absolute atomic E-state index is 10.6. The van der Waals surface area contributed by atoms with E-state index in [1.165, 1.54) is 0 Å². The number of aliphatic carboxylic acids is 5. The van der Waals surface area contributed by atoms with Gasteiger partial charge in [-0.05, 0) is 0 Å². The first-order valence-electron chi connectivity index (χ1n) is 5.67. The molecule has 0 aromatic heterocycles. The van der Waals surface area contributed by atoms with Crippen LogP contribution < -0.4 is 12.0 Å². The molecule has 15 nitrogen and oxygen atoms in total. The molecule has 0 heterocycles. The van der Waals surface area contributed by atoms with E-state index >= 15 is 0 Å². The third kappa shape index (κ3) is 9.79. The van der Waals surface area contributed by atoms with Gasteiger partial charge in [0.05, 0.1) is 12.8 Å². The zero-order chi connectivity index (χ0) is 19.7. The number of carboxylic acids is 5. The molecule has 0 aliphatic rings. The van der Waals surface area contributed by atoms with Crippen LogP contribution in [-0.4, -0.2) is 83.4 Å². The molecule has 2 atom stereocenters. The lowest BCUT2D eigenvalue weighted by atomic mass is 9.96. The molecule has 0 radical (unpaired) electrons. The van der Waals surface area contributed by atoms with Crippen molar-refractivity contribution in [3.63, 3.8) is 0 Å². The highest BCUT2D eigenvalue weighted by Gasteiger charge is 2.44. The first-order chi connectivity index (χ1) is 10.8. The van der Waals surface area contributed by atoms with Crippen molar-refractivity contribution in [1.82, 2.24) is 6.15 Å². The van der Waals surface area contributed by atoms with Crippen LogP contribution in [0.1, 0.15) is 12.8 Å². The maximum Gasteiger partial charge on any atom is 0.339 e. The summed E-state index contributed by atoms with van der Waals surface area (Å²) in [6.07, 6.45) is -6.58. The van der Waals surface area contributed by atoms with Gasteiger partial charge < -0.3 is 41.9 Å². The number of hydrogen-bond acceptors (Lipinski definition) is 10. The standard InChI is InChI=1S/C6H9NO7.C4H6O6.H3N/c7-14-6(5(12)13,1-3(8)9)2-4(10)11;5-1(3(7)8)2(6)4(9)10;/h1-2,7H2,(H,8,9)(H,10,11)(H,12,13);1-2,5-6H,(H,7,8)(H,9,10);1H3. The van der Waals surface area contributed by atoms with Gasteiger partial charge in [-0.15, -0.1) is 0 Å².